The molecule has 0 unspecified atom stereocenters. The minimum Gasteiger partial charge on any atom is -0.478 e. The largest absolute Gasteiger partial charge is 0.478 e. The van der Waals surface area contributed by atoms with Crippen molar-refractivity contribution >= 4 is 27.6 Å². The van der Waals surface area contributed by atoms with Crippen LogP contribution in [0.5, 0.6) is 0 Å². The molecule has 1 aromatic rings. The fraction of sp³-hybridized carbons (Fsp3) is 0.462. The summed E-state index contributed by atoms with van der Waals surface area (Å²) in [6.45, 7) is 4.52. The third kappa shape index (κ3) is 3.71. The number of rotatable bonds is 7. The SMILES string of the molecule is CCCN(CCC)S(=O)(=O)c1cc(C(=O)O)ccc1Cl. The number of carboxylic acid groups (broad SMARTS) is 1. The number of carbonyl (C=O) groups is 1. The van der Waals surface area contributed by atoms with Gasteiger partial charge in [-0.3, -0.25) is 0 Å². The number of carboxylic acids is 1. The molecule has 0 fully saturated rings. The van der Waals surface area contributed by atoms with Gasteiger partial charge in [0.15, 0.2) is 0 Å². The zero-order valence-corrected chi connectivity index (χ0v) is 13.0. The predicted molar refractivity (Wildman–Crippen MR) is 77.8 cm³/mol. The van der Waals surface area contributed by atoms with Gasteiger partial charge in [-0.25, -0.2) is 13.2 Å². The highest BCUT2D eigenvalue weighted by Gasteiger charge is 2.26. The number of nitrogens with zero attached hydrogens (tertiary/aromatic N) is 1. The van der Waals surface area contributed by atoms with Crippen LogP contribution < -0.4 is 0 Å². The van der Waals surface area contributed by atoms with Crippen LogP contribution in [0.15, 0.2) is 23.1 Å². The highest BCUT2D eigenvalue weighted by molar-refractivity contribution is 7.89. The lowest BCUT2D eigenvalue weighted by Gasteiger charge is -2.21. The van der Waals surface area contributed by atoms with E-state index in [1.54, 1.807) is 0 Å². The van der Waals surface area contributed by atoms with Crippen LogP contribution in [-0.4, -0.2) is 36.9 Å². The number of hydrogen-bond acceptors (Lipinski definition) is 3. The van der Waals surface area contributed by atoms with E-state index < -0.39 is 16.0 Å². The average Bonchev–Trinajstić information content (AvgIpc) is 2.38. The van der Waals surface area contributed by atoms with Crippen LogP contribution in [0.1, 0.15) is 37.0 Å². The predicted octanol–water partition coefficient (Wildman–Crippen LogP) is 2.85. The third-order valence-corrected chi connectivity index (χ3v) is 5.12. The monoisotopic (exact) mass is 319 g/mol. The molecule has 0 amide bonds. The molecular weight excluding hydrogens is 302 g/mol. The highest BCUT2D eigenvalue weighted by Crippen LogP contribution is 2.26. The van der Waals surface area contributed by atoms with Crippen LogP contribution in [0, 0.1) is 0 Å². The molecule has 0 aliphatic rings. The van der Waals surface area contributed by atoms with Gasteiger partial charge >= 0.3 is 5.97 Å². The maximum absolute atomic E-state index is 12.6. The number of sulfonamides is 1. The lowest BCUT2D eigenvalue weighted by atomic mass is 10.2. The number of halogens is 1. The quantitative estimate of drug-likeness (QED) is 0.838. The van der Waals surface area contributed by atoms with Gasteiger partial charge in [0.2, 0.25) is 10.0 Å². The molecule has 1 N–H and O–H groups in total. The molecular formula is C13H18ClNO4S. The van der Waals surface area contributed by atoms with Crippen molar-refractivity contribution < 1.29 is 18.3 Å². The second-order valence-corrected chi connectivity index (χ2v) is 6.67. The summed E-state index contributed by atoms with van der Waals surface area (Å²) < 4.78 is 26.4. The van der Waals surface area contributed by atoms with Crippen LogP contribution in [0.3, 0.4) is 0 Å². The van der Waals surface area contributed by atoms with Crippen molar-refractivity contribution in [3.8, 4) is 0 Å². The number of hydrogen-bond donors (Lipinski definition) is 1. The van der Waals surface area contributed by atoms with Gasteiger partial charge in [-0.2, -0.15) is 4.31 Å². The maximum Gasteiger partial charge on any atom is 0.335 e. The Labute approximate surface area is 124 Å². The van der Waals surface area contributed by atoms with E-state index in [0.29, 0.717) is 25.9 Å². The summed E-state index contributed by atoms with van der Waals surface area (Å²) in [4.78, 5) is 10.8. The molecule has 1 rings (SSSR count). The van der Waals surface area contributed by atoms with Gasteiger partial charge in [0, 0.05) is 13.1 Å². The van der Waals surface area contributed by atoms with Crippen molar-refractivity contribution in [2.24, 2.45) is 0 Å². The van der Waals surface area contributed by atoms with Gasteiger partial charge < -0.3 is 5.11 Å². The van der Waals surface area contributed by atoms with Crippen molar-refractivity contribution in [2.75, 3.05) is 13.1 Å². The van der Waals surface area contributed by atoms with E-state index in [9.17, 15) is 13.2 Å². The first-order chi connectivity index (χ1) is 9.34. The molecule has 0 aromatic heterocycles. The molecule has 0 aliphatic heterocycles. The summed E-state index contributed by atoms with van der Waals surface area (Å²) in [5.41, 5.74) is -0.0964. The third-order valence-electron chi connectivity index (χ3n) is 2.74. The molecule has 0 saturated heterocycles. The first-order valence-electron chi connectivity index (χ1n) is 6.37. The summed E-state index contributed by atoms with van der Waals surface area (Å²) >= 11 is 5.93. The fourth-order valence-corrected chi connectivity index (χ4v) is 3.95. The Bertz CT molecular complexity index is 580. The molecule has 20 heavy (non-hydrogen) atoms. The van der Waals surface area contributed by atoms with E-state index in [4.69, 9.17) is 16.7 Å². The Morgan fingerprint density at radius 2 is 1.80 bits per heavy atom. The zero-order chi connectivity index (χ0) is 15.3. The summed E-state index contributed by atoms with van der Waals surface area (Å²) in [5, 5.41) is 8.99. The molecule has 0 aliphatic carbocycles. The Hall–Kier alpha value is -1.11. The highest BCUT2D eigenvalue weighted by atomic mass is 35.5. The molecule has 0 heterocycles. The lowest BCUT2D eigenvalue weighted by molar-refractivity contribution is 0.0696. The first-order valence-corrected chi connectivity index (χ1v) is 8.19. The molecule has 5 nitrogen and oxygen atoms in total. The van der Waals surface area contributed by atoms with Gasteiger partial charge in [-0.15, -0.1) is 0 Å². The molecule has 0 atom stereocenters. The first kappa shape index (κ1) is 16.9. The minimum atomic E-state index is -3.77. The minimum absolute atomic E-state index is 0.0345. The van der Waals surface area contributed by atoms with Crippen molar-refractivity contribution in [1.82, 2.24) is 4.31 Å². The standard InChI is InChI=1S/C13H18ClNO4S/c1-3-7-15(8-4-2)20(18,19)12-9-10(13(16)17)5-6-11(12)14/h5-6,9H,3-4,7-8H2,1-2H3,(H,16,17). The topological polar surface area (TPSA) is 74.7 Å². The van der Waals surface area contributed by atoms with Crippen LogP contribution in [0.2, 0.25) is 5.02 Å². The number of benzene rings is 1. The van der Waals surface area contributed by atoms with Gasteiger partial charge in [-0.05, 0) is 31.0 Å². The molecule has 0 saturated carbocycles. The normalized spacial score (nSPS) is 11.8. The van der Waals surface area contributed by atoms with Crippen LogP contribution in [0.4, 0.5) is 0 Å². The molecule has 7 heteroatoms. The van der Waals surface area contributed by atoms with Gasteiger partial charge in [0.25, 0.3) is 0 Å². The smallest absolute Gasteiger partial charge is 0.335 e. The maximum atomic E-state index is 12.6. The molecule has 112 valence electrons. The Morgan fingerprint density at radius 3 is 2.25 bits per heavy atom. The summed E-state index contributed by atoms with van der Waals surface area (Å²) in [5.74, 6) is -1.18. The molecule has 0 spiro atoms. The second kappa shape index (κ2) is 7.06. The van der Waals surface area contributed by atoms with E-state index in [-0.39, 0.29) is 15.5 Å². The van der Waals surface area contributed by atoms with E-state index in [1.807, 2.05) is 13.8 Å². The van der Waals surface area contributed by atoms with Crippen molar-refractivity contribution in [2.45, 2.75) is 31.6 Å². The van der Waals surface area contributed by atoms with Gasteiger partial charge in [-0.1, -0.05) is 25.4 Å². The van der Waals surface area contributed by atoms with Crippen molar-refractivity contribution in [3.05, 3.63) is 28.8 Å². The van der Waals surface area contributed by atoms with Gasteiger partial charge in [0.1, 0.15) is 4.90 Å². The Kier molecular flexibility index (Phi) is 5.98. The second-order valence-electron chi connectivity index (χ2n) is 4.35. The molecule has 0 radical (unpaired) electrons. The van der Waals surface area contributed by atoms with E-state index in [1.165, 1.54) is 16.4 Å². The zero-order valence-electron chi connectivity index (χ0n) is 11.5. The summed E-state index contributed by atoms with van der Waals surface area (Å²) in [6, 6.07) is 3.69. The van der Waals surface area contributed by atoms with E-state index >= 15 is 0 Å². The van der Waals surface area contributed by atoms with E-state index in [2.05, 4.69) is 0 Å². The Morgan fingerprint density at radius 1 is 1.25 bits per heavy atom. The number of aromatic carboxylic acids is 1. The van der Waals surface area contributed by atoms with Crippen molar-refractivity contribution in [1.29, 1.82) is 0 Å². The van der Waals surface area contributed by atoms with Crippen LogP contribution in [0.25, 0.3) is 0 Å². The molecule has 0 bridgehead atoms. The average molecular weight is 320 g/mol. The summed E-state index contributed by atoms with van der Waals surface area (Å²) in [6.07, 6.45) is 1.35. The Balaban J connectivity index is 3.32. The van der Waals surface area contributed by atoms with E-state index in [0.717, 1.165) is 6.07 Å². The molecule has 1 aromatic carbocycles. The summed E-state index contributed by atoms with van der Waals surface area (Å²) in [7, 11) is -3.77. The van der Waals surface area contributed by atoms with Crippen molar-refractivity contribution in [3.63, 3.8) is 0 Å². The van der Waals surface area contributed by atoms with Crippen LogP contribution in [-0.2, 0) is 10.0 Å². The fourth-order valence-electron chi connectivity index (χ4n) is 1.82. The van der Waals surface area contributed by atoms with Gasteiger partial charge in [0.05, 0.1) is 10.6 Å². The lowest BCUT2D eigenvalue weighted by Crippen LogP contribution is -2.32. The van der Waals surface area contributed by atoms with Crippen LogP contribution >= 0.6 is 11.6 Å².